The summed E-state index contributed by atoms with van der Waals surface area (Å²) in [6, 6.07) is 7.61. The fourth-order valence-corrected chi connectivity index (χ4v) is 2.23. The van der Waals surface area contributed by atoms with Crippen LogP contribution in [-0.2, 0) is 7.05 Å². The minimum absolute atomic E-state index is 0.0191. The Labute approximate surface area is 101 Å². The van der Waals surface area contributed by atoms with Crippen LogP contribution in [0.1, 0.15) is 29.4 Å². The van der Waals surface area contributed by atoms with Crippen LogP contribution in [-0.4, -0.2) is 16.4 Å². The first-order chi connectivity index (χ1) is 8.06. The van der Waals surface area contributed by atoms with Crippen molar-refractivity contribution in [2.45, 2.75) is 26.3 Å². The number of rotatable bonds is 3. The molecule has 2 N–H and O–H groups in total. The van der Waals surface area contributed by atoms with Gasteiger partial charge in [0.25, 0.3) is 0 Å². The number of hydrogen-bond donors (Lipinski definition) is 1. The first kappa shape index (κ1) is 11.9. The topological polar surface area (TPSA) is 48.0 Å². The number of carbonyl (C=O) groups is 1. The maximum atomic E-state index is 12.1. The molecule has 0 aliphatic heterocycles. The standard InChI is InChI=1S/C14H18N2O/c1-4-11(15)14(17)12-8-10-7-5-6-9(2)13(10)16(12)3/h5-8,11H,4,15H2,1-3H3. The lowest BCUT2D eigenvalue weighted by molar-refractivity contribution is 0.0952. The summed E-state index contributed by atoms with van der Waals surface area (Å²) < 4.78 is 1.95. The molecule has 2 rings (SSSR count). The van der Waals surface area contributed by atoms with Crippen molar-refractivity contribution >= 4 is 16.7 Å². The summed E-state index contributed by atoms with van der Waals surface area (Å²) >= 11 is 0. The molecule has 0 spiro atoms. The lowest BCUT2D eigenvalue weighted by Crippen LogP contribution is -2.30. The molecule has 0 bridgehead atoms. The molecule has 1 heterocycles. The Morgan fingerprint density at radius 3 is 2.76 bits per heavy atom. The third-order valence-corrected chi connectivity index (χ3v) is 3.29. The second-order valence-corrected chi connectivity index (χ2v) is 4.48. The van der Waals surface area contributed by atoms with E-state index in [1.807, 2.05) is 36.7 Å². The van der Waals surface area contributed by atoms with Gasteiger partial charge in [0.05, 0.1) is 17.3 Å². The van der Waals surface area contributed by atoms with Gasteiger partial charge in [-0.1, -0.05) is 25.1 Å². The van der Waals surface area contributed by atoms with Crippen LogP contribution in [0.2, 0.25) is 0 Å². The zero-order chi connectivity index (χ0) is 12.6. The normalized spacial score (nSPS) is 12.9. The van der Waals surface area contributed by atoms with Crippen LogP contribution in [0.15, 0.2) is 24.3 Å². The van der Waals surface area contributed by atoms with Crippen molar-refractivity contribution in [3.63, 3.8) is 0 Å². The van der Waals surface area contributed by atoms with Gasteiger partial charge >= 0.3 is 0 Å². The number of ketones is 1. The summed E-state index contributed by atoms with van der Waals surface area (Å²) in [6.07, 6.45) is 0.666. The third-order valence-electron chi connectivity index (χ3n) is 3.29. The summed E-state index contributed by atoms with van der Waals surface area (Å²) in [4.78, 5) is 12.1. The highest BCUT2D eigenvalue weighted by Crippen LogP contribution is 2.22. The number of nitrogens with zero attached hydrogens (tertiary/aromatic N) is 1. The monoisotopic (exact) mass is 230 g/mol. The zero-order valence-electron chi connectivity index (χ0n) is 10.5. The summed E-state index contributed by atoms with van der Waals surface area (Å²) in [7, 11) is 1.92. The fraction of sp³-hybridized carbons (Fsp3) is 0.357. The van der Waals surface area contributed by atoms with Crippen LogP contribution in [0.4, 0.5) is 0 Å². The number of aryl methyl sites for hydroxylation is 2. The van der Waals surface area contributed by atoms with Gasteiger partial charge in [0, 0.05) is 12.4 Å². The highest BCUT2D eigenvalue weighted by molar-refractivity contribution is 6.03. The number of aromatic nitrogens is 1. The fourth-order valence-electron chi connectivity index (χ4n) is 2.23. The molecule has 1 unspecified atom stereocenters. The Morgan fingerprint density at radius 1 is 1.47 bits per heavy atom. The summed E-state index contributed by atoms with van der Waals surface area (Å²) in [5.74, 6) is 0.0191. The largest absolute Gasteiger partial charge is 0.341 e. The van der Waals surface area contributed by atoms with E-state index in [9.17, 15) is 4.79 Å². The van der Waals surface area contributed by atoms with Crippen molar-refractivity contribution < 1.29 is 4.79 Å². The predicted octanol–water partition coefficient (Wildman–Crippen LogP) is 2.41. The molecular weight excluding hydrogens is 212 g/mol. The lowest BCUT2D eigenvalue weighted by Gasteiger charge is -2.09. The van der Waals surface area contributed by atoms with E-state index in [4.69, 9.17) is 5.73 Å². The van der Waals surface area contributed by atoms with Crippen LogP contribution in [0.25, 0.3) is 10.9 Å². The molecule has 0 aliphatic rings. The van der Waals surface area contributed by atoms with Gasteiger partial charge in [0.2, 0.25) is 0 Å². The molecule has 0 saturated heterocycles. The summed E-state index contributed by atoms with van der Waals surface area (Å²) in [5.41, 5.74) is 8.80. The van der Waals surface area contributed by atoms with E-state index in [2.05, 4.69) is 13.0 Å². The molecule has 1 aromatic carbocycles. The Balaban J connectivity index is 2.61. The number of para-hydroxylation sites is 1. The average Bonchev–Trinajstić information content (AvgIpc) is 2.66. The first-order valence-electron chi connectivity index (χ1n) is 5.91. The Morgan fingerprint density at radius 2 is 2.18 bits per heavy atom. The van der Waals surface area contributed by atoms with Crippen LogP contribution in [0.3, 0.4) is 0 Å². The smallest absolute Gasteiger partial charge is 0.195 e. The minimum Gasteiger partial charge on any atom is -0.341 e. The Bertz CT molecular complexity index is 569. The quantitative estimate of drug-likeness (QED) is 0.823. The molecule has 0 radical (unpaired) electrons. The van der Waals surface area contributed by atoms with Crippen molar-refractivity contribution in [3.8, 4) is 0 Å². The third kappa shape index (κ3) is 1.87. The van der Waals surface area contributed by atoms with Crippen molar-refractivity contribution in [1.82, 2.24) is 4.57 Å². The van der Waals surface area contributed by atoms with Gasteiger partial charge in [-0.3, -0.25) is 4.79 Å². The molecule has 0 saturated carbocycles. The van der Waals surface area contributed by atoms with E-state index in [-0.39, 0.29) is 5.78 Å². The Kier molecular flexibility index (Phi) is 3.03. The number of benzene rings is 1. The van der Waals surface area contributed by atoms with E-state index in [0.29, 0.717) is 12.1 Å². The molecule has 1 aromatic heterocycles. The van der Waals surface area contributed by atoms with Crippen molar-refractivity contribution in [1.29, 1.82) is 0 Å². The van der Waals surface area contributed by atoms with Crippen LogP contribution in [0, 0.1) is 6.92 Å². The van der Waals surface area contributed by atoms with Crippen LogP contribution < -0.4 is 5.73 Å². The maximum Gasteiger partial charge on any atom is 0.195 e. The van der Waals surface area contributed by atoms with Gasteiger partial charge in [-0.25, -0.2) is 0 Å². The van der Waals surface area contributed by atoms with Gasteiger partial charge in [-0.15, -0.1) is 0 Å². The van der Waals surface area contributed by atoms with Gasteiger partial charge in [0.1, 0.15) is 0 Å². The minimum atomic E-state index is -0.404. The second kappa shape index (κ2) is 4.34. The van der Waals surface area contributed by atoms with Gasteiger partial charge < -0.3 is 10.3 Å². The summed E-state index contributed by atoms with van der Waals surface area (Å²) in [5, 5.41) is 1.10. The molecular formula is C14H18N2O. The van der Waals surface area contributed by atoms with Crippen molar-refractivity contribution in [2.24, 2.45) is 12.8 Å². The predicted molar refractivity (Wildman–Crippen MR) is 70.3 cm³/mol. The molecule has 0 fully saturated rings. The molecule has 2 aromatic rings. The SMILES string of the molecule is CCC(N)C(=O)c1cc2cccc(C)c2n1C. The first-order valence-corrected chi connectivity index (χ1v) is 5.91. The highest BCUT2D eigenvalue weighted by Gasteiger charge is 2.18. The van der Waals surface area contributed by atoms with Crippen molar-refractivity contribution in [3.05, 3.63) is 35.5 Å². The number of Topliss-reactive ketones (excluding diaryl/α,β-unsaturated/α-hetero) is 1. The van der Waals surface area contributed by atoms with E-state index < -0.39 is 6.04 Å². The van der Waals surface area contributed by atoms with E-state index >= 15 is 0 Å². The molecule has 0 aliphatic carbocycles. The lowest BCUT2D eigenvalue weighted by atomic mass is 10.1. The van der Waals surface area contributed by atoms with E-state index in [1.165, 1.54) is 5.56 Å². The van der Waals surface area contributed by atoms with E-state index in [1.54, 1.807) is 0 Å². The highest BCUT2D eigenvalue weighted by atomic mass is 16.1. The number of carbonyl (C=O) groups excluding carboxylic acids is 1. The van der Waals surface area contributed by atoms with Gasteiger partial charge in [-0.05, 0) is 25.0 Å². The molecule has 17 heavy (non-hydrogen) atoms. The molecule has 3 heteroatoms. The molecule has 0 amide bonds. The van der Waals surface area contributed by atoms with Gasteiger partial charge in [-0.2, -0.15) is 0 Å². The average molecular weight is 230 g/mol. The zero-order valence-corrected chi connectivity index (χ0v) is 10.5. The molecule has 1 atom stereocenters. The van der Waals surface area contributed by atoms with Crippen LogP contribution in [0.5, 0.6) is 0 Å². The maximum absolute atomic E-state index is 12.1. The van der Waals surface area contributed by atoms with Crippen LogP contribution >= 0.6 is 0 Å². The number of fused-ring (bicyclic) bond motifs is 1. The second-order valence-electron chi connectivity index (χ2n) is 4.48. The number of nitrogens with two attached hydrogens (primary N) is 1. The molecule has 3 nitrogen and oxygen atoms in total. The van der Waals surface area contributed by atoms with Crippen molar-refractivity contribution in [2.75, 3.05) is 0 Å². The molecule has 90 valence electrons. The van der Waals surface area contributed by atoms with Gasteiger partial charge in [0.15, 0.2) is 5.78 Å². The Hall–Kier alpha value is -1.61. The number of hydrogen-bond acceptors (Lipinski definition) is 2. The van der Waals surface area contributed by atoms with E-state index in [0.717, 1.165) is 10.9 Å². The summed E-state index contributed by atoms with van der Waals surface area (Å²) in [6.45, 7) is 3.98.